The minimum Gasteiger partial charge on any atom is -0.315 e. The van der Waals surface area contributed by atoms with Crippen LogP contribution in [0.25, 0.3) is 0 Å². The van der Waals surface area contributed by atoms with E-state index in [1.165, 1.54) is 16.7 Å². The van der Waals surface area contributed by atoms with Crippen molar-refractivity contribution < 1.29 is 0 Å². The molecule has 1 aliphatic carbocycles. The van der Waals surface area contributed by atoms with E-state index in [2.05, 4.69) is 43.4 Å². The molecule has 1 aromatic carbocycles. The molecule has 17 heavy (non-hydrogen) atoms. The molecule has 0 radical (unpaired) electrons. The number of nitrogens with one attached hydrogen (secondary N) is 1. The highest BCUT2D eigenvalue weighted by Crippen LogP contribution is 2.43. The summed E-state index contributed by atoms with van der Waals surface area (Å²) in [4.78, 5) is 0. The molecule has 0 atom stereocenters. The lowest BCUT2D eigenvalue weighted by Gasteiger charge is -2.10. The van der Waals surface area contributed by atoms with Gasteiger partial charge in [0.05, 0.1) is 11.5 Å². The number of rotatable bonds is 5. The van der Waals surface area contributed by atoms with E-state index in [1.807, 2.05) is 0 Å². The van der Waals surface area contributed by atoms with Crippen molar-refractivity contribution in [2.24, 2.45) is 5.41 Å². The summed E-state index contributed by atoms with van der Waals surface area (Å²) in [5.74, 6) is 0. The van der Waals surface area contributed by atoms with Crippen LogP contribution in [0.1, 0.15) is 29.5 Å². The van der Waals surface area contributed by atoms with E-state index in [1.54, 1.807) is 0 Å². The average Bonchev–Trinajstić information content (AvgIpc) is 3.10. The molecule has 0 unspecified atom stereocenters. The molecule has 2 nitrogen and oxygen atoms in total. The molecule has 0 aromatic heterocycles. The van der Waals surface area contributed by atoms with Gasteiger partial charge in [0.25, 0.3) is 0 Å². The average molecular weight is 228 g/mol. The second-order valence-corrected chi connectivity index (χ2v) is 5.25. The van der Waals surface area contributed by atoms with Gasteiger partial charge in [0.1, 0.15) is 0 Å². The van der Waals surface area contributed by atoms with Crippen molar-refractivity contribution in [2.75, 3.05) is 13.1 Å². The van der Waals surface area contributed by atoms with Gasteiger partial charge in [0, 0.05) is 6.54 Å². The monoisotopic (exact) mass is 228 g/mol. The highest BCUT2D eigenvalue weighted by molar-refractivity contribution is 5.30. The number of hydrogen-bond acceptors (Lipinski definition) is 2. The number of hydrogen-bond donors (Lipinski definition) is 1. The predicted molar refractivity (Wildman–Crippen MR) is 69.8 cm³/mol. The van der Waals surface area contributed by atoms with Crippen LogP contribution in [0.5, 0.6) is 0 Å². The van der Waals surface area contributed by atoms with Gasteiger partial charge in [-0.25, -0.2) is 0 Å². The molecule has 0 bridgehead atoms. The highest BCUT2D eigenvalue weighted by atomic mass is 14.9. The van der Waals surface area contributed by atoms with Gasteiger partial charge in [0.2, 0.25) is 0 Å². The van der Waals surface area contributed by atoms with Crippen molar-refractivity contribution in [3.63, 3.8) is 0 Å². The zero-order chi connectivity index (χ0) is 12.3. The van der Waals surface area contributed by atoms with Crippen LogP contribution in [0.3, 0.4) is 0 Å². The Morgan fingerprint density at radius 1 is 1.35 bits per heavy atom. The van der Waals surface area contributed by atoms with Gasteiger partial charge in [-0.3, -0.25) is 0 Å². The molecule has 0 amide bonds. The Morgan fingerprint density at radius 3 is 2.76 bits per heavy atom. The Morgan fingerprint density at radius 2 is 2.12 bits per heavy atom. The van der Waals surface area contributed by atoms with Crippen molar-refractivity contribution in [1.82, 2.24) is 5.32 Å². The zero-order valence-corrected chi connectivity index (χ0v) is 10.7. The molecule has 1 fully saturated rings. The number of benzene rings is 1. The summed E-state index contributed by atoms with van der Waals surface area (Å²) in [5, 5.41) is 12.4. The molecule has 2 rings (SSSR count). The second-order valence-electron chi connectivity index (χ2n) is 5.25. The van der Waals surface area contributed by atoms with Crippen molar-refractivity contribution in [1.29, 1.82) is 5.26 Å². The summed E-state index contributed by atoms with van der Waals surface area (Å²) in [5.41, 5.74) is 4.07. The van der Waals surface area contributed by atoms with E-state index in [0.717, 1.165) is 32.4 Å². The summed E-state index contributed by atoms with van der Waals surface area (Å²) >= 11 is 0. The molecule has 1 saturated carbocycles. The molecule has 0 heterocycles. The Balaban J connectivity index is 1.78. The number of aryl methyl sites for hydroxylation is 2. The lowest BCUT2D eigenvalue weighted by Crippen LogP contribution is -2.25. The Labute approximate surface area is 104 Å². The van der Waals surface area contributed by atoms with E-state index in [0.29, 0.717) is 0 Å². The summed E-state index contributed by atoms with van der Waals surface area (Å²) in [6, 6.07) is 9.00. The fraction of sp³-hybridized carbons (Fsp3) is 0.533. The van der Waals surface area contributed by atoms with Crippen LogP contribution >= 0.6 is 0 Å². The van der Waals surface area contributed by atoms with E-state index in [-0.39, 0.29) is 5.41 Å². The van der Waals surface area contributed by atoms with Crippen LogP contribution in [0.2, 0.25) is 0 Å². The van der Waals surface area contributed by atoms with Gasteiger partial charge < -0.3 is 5.32 Å². The topological polar surface area (TPSA) is 35.8 Å². The van der Waals surface area contributed by atoms with E-state index < -0.39 is 0 Å². The standard InChI is InChI=1S/C15H20N2/c1-12-3-4-13(2)14(9-12)5-8-17-11-15(10-16)6-7-15/h3-4,9,17H,5-8,11H2,1-2H3. The lowest BCUT2D eigenvalue weighted by molar-refractivity contribution is 0.560. The third kappa shape index (κ3) is 3.08. The van der Waals surface area contributed by atoms with Crippen LogP contribution in [0, 0.1) is 30.6 Å². The molecular weight excluding hydrogens is 208 g/mol. The maximum atomic E-state index is 8.96. The smallest absolute Gasteiger partial charge is 0.0703 e. The van der Waals surface area contributed by atoms with Gasteiger partial charge in [-0.05, 0) is 50.8 Å². The second kappa shape index (κ2) is 4.89. The quantitative estimate of drug-likeness (QED) is 0.787. The normalized spacial score (nSPS) is 16.5. The summed E-state index contributed by atoms with van der Waals surface area (Å²) in [6.07, 6.45) is 3.19. The molecular formula is C15H20N2. The Kier molecular flexibility index (Phi) is 3.49. The van der Waals surface area contributed by atoms with Crippen molar-refractivity contribution >= 4 is 0 Å². The molecule has 1 aliphatic rings. The molecule has 0 aliphatic heterocycles. The SMILES string of the molecule is Cc1ccc(C)c(CCNCC2(C#N)CC2)c1. The molecule has 0 saturated heterocycles. The van der Waals surface area contributed by atoms with Crippen molar-refractivity contribution in [2.45, 2.75) is 33.1 Å². The van der Waals surface area contributed by atoms with Gasteiger partial charge in [-0.2, -0.15) is 5.26 Å². The Hall–Kier alpha value is -1.33. The highest BCUT2D eigenvalue weighted by Gasteiger charge is 2.42. The van der Waals surface area contributed by atoms with Crippen LogP contribution in [0.4, 0.5) is 0 Å². The molecule has 2 heteroatoms. The predicted octanol–water partition coefficient (Wildman–Crippen LogP) is 2.74. The van der Waals surface area contributed by atoms with Crippen molar-refractivity contribution in [3.8, 4) is 6.07 Å². The van der Waals surface area contributed by atoms with Gasteiger partial charge in [0.15, 0.2) is 0 Å². The summed E-state index contributed by atoms with van der Waals surface area (Å²) in [6.45, 7) is 6.11. The maximum Gasteiger partial charge on any atom is 0.0703 e. The number of nitriles is 1. The first-order valence-electron chi connectivity index (χ1n) is 6.33. The van der Waals surface area contributed by atoms with Crippen LogP contribution in [-0.4, -0.2) is 13.1 Å². The maximum absolute atomic E-state index is 8.96. The third-order valence-corrected chi connectivity index (χ3v) is 3.63. The van der Waals surface area contributed by atoms with Crippen LogP contribution in [0.15, 0.2) is 18.2 Å². The summed E-state index contributed by atoms with van der Waals surface area (Å²) < 4.78 is 0. The first-order chi connectivity index (χ1) is 8.15. The third-order valence-electron chi connectivity index (χ3n) is 3.63. The molecule has 90 valence electrons. The minimum atomic E-state index is -0.0261. The first kappa shape index (κ1) is 12.1. The first-order valence-corrected chi connectivity index (χ1v) is 6.33. The van der Waals surface area contributed by atoms with Crippen molar-refractivity contribution in [3.05, 3.63) is 34.9 Å². The Bertz CT molecular complexity index is 439. The van der Waals surface area contributed by atoms with E-state index in [9.17, 15) is 0 Å². The van der Waals surface area contributed by atoms with Crippen LogP contribution < -0.4 is 5.32 Å². The van der Waals surface area contributed by atoms with Crippen LogP contribution in [-0.2, 0) is 6.42 Å². The molecule has 0 spiro atoms. The van der Waals surface area contributed by atoms with Gasteiger partial charge in [-0.15, -0.1) is 0 Å². The molecule has 1 N–H and O–H groups in total. The van der Waals surface area contributed by atoms with E-state index >= 15 is 0 Å². The molecule has 1 aromatic rings. The zero-order valence-electron chi connectivity index (χ0n) is 10.7. The largest absolute Gasteiger partial charge is 0.315 e. The van der Waals surface area contributed by atoms with Gasteiger partial charge in [-0.1, -0.05) is 23.8 Å². The fourth-order valence-corrected chi connectivity index (χ4v) is 2.10. The fourth-order valence-electron chi connectivity index (χ4n) is 2.10. The van der Waals surface area contributed by atoms with E-state index in [4.69, 9.17) is 5.26 Å². The lowest BCUT2D eigenvalue weighted by atomic mass is 10.0. The van der Waals surface area contributed by atoms with Gasteiger partial charge >= 0.3 is 0 Å². The summed E-state index contributed by atoms with van der Waals surface area (Å²) in [7, 11) is 0. The number of nitrogens with zero attached hydrogens (tertiary/aromatic N) is 1. The minimum absolute atomic E-state index is 0.0261.